The zero-order valence-electron chi connectivity index (χ0n) is 36.2. The summed E-state index contributed by atoms with van der Waals surface area (Å²) in [7, 11) is 0. The van der Waals surface area contributed by atoms with Crippen molar-refractivity contribution in [3.05, 3.63) is 255 Å². The molecule has 0 spiro atoms. The number of fused-ring (bicyclic) bond motifs is 6. The van der Waals surface area contributed by atoms with E-state index >= 15 is 0 Å². The Balaban J connectivity index is 0.955. The molecule has 0 amide bonds. The van der Waals surface area contributed by atoms with Crippen LogP contribution >= 0.6 is 0 Å². The van der Waals surface area contributed by atoms with Crippen molar-refractivity contribution in [3.8, 4) is 66.8 Å². The van der Waals surface area contributed by atoms with E-state index in [1.165, 1.54) is 131 Å². The van der Waals surface area contributed by atoms with Gasteiger partial charge in [-0.15, -0.1) is 0 Å². The van der Waals surface area contributed by atoms with Crippen molar-refractivity contribution in [1.29, 1.82) is 0 Å². The molecule has 66 heavy (non-hydrogen) atoms. The van der Waals surface area contributed by atoms with E-state index in [1.54, 1.807) is 0 Å². The lowest BCUT2D eigenvalue weighted by Crippen LogP contribution is -1.93. The van der Waals surface area contributed by atoms with Crippen LogP contribution in [-0.4, -0.2) is 0 Å². The summed E-state index contributed by atoms with van der Waals surface area (Å²) < 4.78 is 0. The molecule has 0 aliphatic rings. The zero-order chi connectivity index (χ0) is 43.6. The van der Waals surface area contributed by atoms with Crippen LogP contribution in [0.15, 0.2) is 255 Å². The van der Waals surface area contributed by atoms with Gasteiger partial charge in [0.25, 0.3) is 0 Å². The minimum Gasteiger partial charge on any atom is -0.0622 e. The molecular formula is C66H42. The molecule has 13 aromatic rings. The Labute approximate surface area is 384 Å². The minimum absolute atomic E-state index is 1.21. The average Bonchev–Trinajstić information content (AvgIpc) is 3.39. The summed E-state index contributed by atoms with van der Waals surface area (Å²) in [6.07, 6.45) is 0. The molecule has 0 fully saturated rings. The van der Waals surface area contributed by atoms with Gasteiger partial charge in [-0.25, -0.2) is 0 Å². The van der Waals surface area contributed by atoms with Crippen molar-refractivity contribution in [2.75, 3.05) is 0 Å². The van der Waals surface area contributed by atoms with Gasteiger partial charge in [0.1, 0.15) is 0 Å². The lowest BCUT2D eigenvalue weighted by molar-refractivity contribution is 1.63. The Hall–Kier alpha value is -8.58. The second kappa shape index (κ2) is 15.6. The summed E-state index contributed by atoms with van der Waals surface area (Å²) in [5, 5.41) is 15.1. The van der Waals surface area contributed by atoms with Crippen molar-refractivity contribution in [3.63, 3.8) is 0 Å². The van der Waals surface area contributed by atoms with Crippen LogP contribution in [-0.2, 0) is 0 Å². The summed E-state index contributed by atoms with van der Waals surface area (Å²) >= 11 is 0. The quantitative estimate of drug-likeness (QED) is 0.146. The molecule has 306 valence electrons. The van der Waals surface area contributed by atoms with Crippen molar-refractivity contribution in [1.82, 2.24) is 0 Å². The molecule has 0 N–H and O–H groups in total. The van der Waals surface area contributed by atoms with E-state index in [9.17, 15) is 0 Å². The SMILES string of the molecule is c1ccc(-c2c3ccccc3c(-c3ccc(-c4c5ccccc5c(-c5ccc(-c6c7ccccc7c(-c7ccccc7)c7ccccc67)cc5)c5ccccc45)cc3)c3ccccc23)cc1. The number of rotatable bonds is 6. The van der Waals surface area contributed by atoms with Crippen molar-refractivity contribution in [2.24, 2.45) is 0 Å². The van der Waals surface area contributed by atoms with Gasteiger partial charge < -0.3 is 0 Å². The summed E-state index contributed by atoms with van der Waals surface area (Å²) in [5.74, 6) is 0. The fourth-order valence-electron chi connectivity index (χ4n) is 11.1. The molecule has 0 heteroatoms. The second-order valence-corrected chi connectivity index (χ2v) is 17.4. The van der Waals surface area contributed by atoms with E-state index in [1.807, 2.05) is 0 Å². The lowest BCUT2D eigenvalue weighted by atomic mass is 9.83. The Bertz CT molecular complexity index is 3560. The maximum atomic E-state index is 2.34. The third-order valence-electron chi connectivity index (χ3n) is 13.8. The molecule has 0 aromatic heterocycles. The normalized spacial score (nSPS) is 11.6. The molecule has 0 radical (unpaired) electrons. The van der Waals surface area contributed by atoms with Crippen LogP contribution < -0.4 is 0 Å². The van der Waals surface area contributed by atoms with Crippen LogP contribution in [0, 0.1) is 0 Å². The molecule has 13 rings (SSSR count). The predicted octanol–water partition coefficient (Wildman–Crippen LogP) is 18.6. The summed E-state index contributed by atoms with van der Waals surface area (Å²) in [6, 6.07) is 93.9. The minimum atomic E-state index is 1.21. The topological polar surface area (TPSA) is 0 Å². The Morgan fingerprint density at radius 2 is 0.227 bits per heavy atom. The van der Waals surface area contributed by atoms with Crippen molar-refractivity contribution in [2.45, 2.75) is 0 Å². The van der Waals surface area contributed by atoms with E-state index in [4.69, 9.17) is 0 Å². The predicted molar refractivity (Wildman–Crippen MR) is 284 cm³/mol. The Kier molecular flexibility index (Phi) is 8.96. The fourth-order valence-corrected chi connectivity index (χ4v) is 11.1. The highest BCUT2D eigenvalue weighted by Gasteiger charge is 2.21. The third-order valence-corrected chi connectivity index (χ3v) is 13.8. The first-order valence-electron chi connectivity index (χ1n) is 22.9. The summed E-state index contributed by atoms with van der Waals surface area (Å²) in [6.45, 7) is 0. The van der Waals surface area contributed by atoms with Crippen LogP contribution in [0.5, 0.6) is 0 Å². The van der Waals surface area contributed by atoms with E-state index in [2.05, 4.69) is 255 Å². The highest BCUT2D eigenvalue weighted by molar-refractivity contribution is 6.24. The van der Waals surface area contributed by atoms with Gasteiger partial charge in [-0.1, -0.05) is 255 Å². The highest BCUT2D eigenvalue weighted by atomic mass is 14.2. The largest absolute Gasteiger partial charge is 0.0622 e. The van der Waals surface area contributed by atoms with Gasteiger partial charge in [0.15, 0.2) is 0 Å². The van der Waals surface area contributed by atoms with E-state index in [0.717, 1.165) is 0 Å². The zero-order valence-corrected chi connectivity index (χ0v) is 36.2. The van der Waals surface area contributed by atoms with Crippen LogP contribution in [0.4, 0.5) is 0 Å². The van der Waals surface area contributed by atoms with E-state index in [0.29, 0.717) is 0 Å². The van der Waals surface area contributed by atoms with Crippen LogP contribution in [0.3, 0.4) is 0 Å². The van der Waals surface area contributed by atoms with Crippen molar-refractivity contribution >= 4 is 64.6 Å². The molecule has 0 unspecified atom stereocenters. The van der Waals surface area contributed by atoms with Gasteiger partial charge in [-0.2, -0.15) is 0 Å². The standard InChI is InChI=1S/C66H42/c1-3-19-43(20-4-1)61-49-23-7-11-27-53(49)63(54-28-12-8-24-50(54)61)45-35-39-47(40-36-45)65-57-31-15-17-33-59(57)66(60-34-18-16-32-58(60)65)48-41-37-46(38-42-48)64-55-29-13-9-25-51(55)62(44-21-5-2-6-22-44)52-26-10-14-30-56(52)64/h1-42H. The smallest absolute Gasteiger partial charge is 0.00264 e. The molecule has 0 atom stereocenters. The van der Waals surface area contributed by atoms with Gasteiger partial charge in [0, 0.05) is 0 Å². The van der Waals surface area contributed by atoms with E-state index in [-0.39, 0.29) is 0 Å². The third kappa shape index (κ3) is 6.00. The average molecular weight is 835 g/mol. The summed E-state index contributed by atoms with van der Waals surface area (Å²) in [4.78, 5) is 0. The molecule has 0 heterocycles. The van der Waals surface area contributed by atoms with Gasteiger partial charge in [-0.3, -0.25) is 0 Å². The van der Waals surface area contributed by atoms with Gasteiger partial charge in [-0.05, 0) is 131 Å². The molecule has 0 saturated heterocycles. The summed E-state index contributed by atoms with van der Waals surface area (Å²) in [5.41, 5.74) is 15.0. The molecule has 0 aliphatic carbocycles. The number of benzene rings is 13. The number of hydrogen-bond donors (Lipinski definition) is 0. The highest BCUT2D eigenvalue weighted by Crippen LogP contribution is 2.48. The van der Waals surface area contributed by atoms with Crippen molar-refractivity contribution < 1.29 is 0 Å². The molecule has 0 aliphatic heterocycles. The van der Waals surface area contributed by atoms with Gasteiger partial charge in [0.05, 0.1) is 0 Å². The van der Waals surface area contributed by atoms with E-state index < -0.39 is 0 Å². The van der Waals surface area contributed by atoms with Crippen LogP contribution in [0.2, 0.25) is 0 Å². The maximum absolute atomic E-state index is 2.34. The van der Waals surface area contributed by atoms with Crippen LogP contribution in [0.25, 0.3) is 131 Å². The fraction of sp³-hybridized carbons (Fsp3) is 0. The lowest BCUT2D eigenvalue weighted by Gasteiger charge is -2.20. The van der Waals surface area contributed by atoms with Crippen LogP contribution in [0.1, 0.15) is 0 Å². The second-order valence-electron chi connectivity index (χ2n) is 17.4. The molecule has 13 aromatic carbocycles. The molecular weight excluding hydrogens is 793 g/mol. The first-order valence-corrected chi connectivity index (χ1v) is 22.9. The monoisotopic (exact) mass is 834 g/mol. The maximum Gasteiger partial charge on any atom is -0.00264 e. The first-order chi connectivity index (χ1) is 32.8. The Morgan fingerprint density at radius 1 is 0.106 bits per heavy atom. The number of hydrogen-bond acceptors (Lipinski definition) is 0. The molecule has 0 saturated carbocycles. The first kappa shape index (κ1) is 37.9. The van der Waals surface area contributed by atoms with Gasteiger partial charge in [0.2, 0.25) is 0 Å². The van der Waals surface area contributed by atoms with Gasteiger partial charge >= 0.3 is 0 Å². The molecule has 0 bridgehead atoms. The molecule has 0 nitrogen and oxygen atoms in total. The Morgan fingerprint density at radius 3 is 0.379 bits per heavy atom.